The Balaban J connectivity index is 2.45. The van der Waals surface area contributed by atoms with Crippen LogP contribution in [0.1, 0.15) is 29.3 Å². The van der Waals surface area contributed by atoms with Crippen molar-refractivity contribution in [2.24, 2.45) is 0 Å². The van der Waals surface area contributed by atoms with Crippen molar-refractivity contribution >= 4 is 11.9 Å². The molecule has 0 bridgehead atoms. The zero-order valence-electron chi connectivity index (χ0n) is 11.4. The second-order valence-electron chi connectivity index (χ2n) is 4.03. The van der Waals surface area contributed by atoms with Crippen LogP contribution in [0.2, 0.25) is 0 Å². The van der Waals surface area contributed by atoms with E-state index in [-0.39, 0.29) is 11.9 Å². The Morgan fingerprint density at radius 3 is 2.68 bits per heavy atom. The Morgan fingerprint density at radius 2 is 2.00 bits per heavy atom. The van der Waals surface area contributed by atoms with E-state index >= 15 is 0 Å². The van der Waals surface area contributed by atoms with Crippen molar-refractivity contribution in [3.63, 3.8) is 0 Å². The van der Waals surface area contributed by atoms with Gasteiger partial charge in [-0.15, -0.1) is 0 Å². The summed E-state index contributed by atoms with van der Waals surface area (Å²) < 4.78 is 4.72. The van der Waals surface area contributed by atoms with Crippen LogP contribution < -0.4 is 10.6 Å². The number of rotatable bonds is 7. The van der Waals surface area contributed by atoms with Gasteiger partial charge in [0.05, 0.1) is 12.7 Å². The molecule has 0 aliphatic heterocycles. The van der Waals surface area contributed by atoms with Gasteiger partial charge in [-0.3, -0.25) is 4.79 Å². The highest BCUT2D eigenvalue weighted by molar-refractivity contribution is 5.90. The third-order valence-electron chi connectivity index (χ3n) is 2.64. The van der Waals surface area contributed by atoms with Crippen LogP contribution in [0, 0.1) is 0 Å². The molecule has 1 aromatic carbocycles. The predicted octanol–water partition coefficient (Wildman–Crippen LogP) is 1.09. The van der Waals surface area contributed by atoms with E-state index in [1.807, 2.05) is 19.1 Å². The molecule has 0 unspecified atom stereocenters. The monoisotopic (exact) mass is 264 g/mol. The molecular weight excluding hydrogens is 244 g/mol. The lowest BCUT2D eigenvalue weighted by molar-refractivity contribution is -0.120. The zero-order valence-corrected chi connectivity index (χ0v) is 11.4. The number of nitrogens with one attached hydrogen (secondary N) is 2. The molecule has 104 valence electrons. The predicted molar refractivity (Wildman–Crippen MR) is 72.8 cm³/mol. The fourth-order valence-corrected chi connectivity index (χ4v) is 1.69. The first-order valence-electron chi connectivity index (χ1n) is 6.32. The van der Waals surface area contributed by atoms with Gasteiger partial charge in [-0.05, 0) is 18.6 Å². The first kappa shape index (κ1) is 15.2. The van der Waals surface area contributed by atoms with Crippen molar-refractivity contribution in [2.45, 2.75) is 19.9 Å². The standard InChI is InChI=1S/C14H20N2O3/c1-3-16-13(17)8-9-15-10-11-6-4-5-7-12(11)14(18)19-2/h4-7,15H,3,8-10H2,1-2H3,(H,16,17). The molecule has 5 nitrogen and oxygen atoms in total. The van der Waals surface area contributed by atoms with E-state index in [2.05, 4.69) is 10.6 Å². The second-order valence-corrected chi connectivity index (χ2v) is 4.03. The summed E-state index contributed by atoms with van der Waals surface area (Å²) in [6.07, 6.45) is 0.425. The lowest BCUT2D eigenvalue weighted by Gasteiger charge is -2.09. The van der Waals surface area contributed by atoms with Crippen molar-refractivity contribution < 1.29 is 14.3 Å². The van der Waals surface area contributed by atoms with Crippen LogP contribution in [0.25, 0.3) is 0 Å². The van der Waals surface area contributed by atoms with Gasteiger partial charge in [0, 0.05) is 26.1 Å². The summed E-state index contributed by atoms with van der Waals surface area (Å²) in [6.45, 7) is 3.63. The summed E-state index contributed by atoms with van der Waals surface area (Å²) in [5, 5.41) is 5.87. The molecule has 1 aromatic rings. The van der Waals surface area contributed by atoms with Crippen molar-refractivity contribution in [3.05, 3.63) is 35.4 Å². The molecule has 0 heterocycles. The Morgan fingerprint density at radius 1 is 1.26 bits per heavy atom. The van der Waals surface area contributed by atoms with Gasteiger partial charge in [0.2, 0.25) is 5.91 Å². The summed E-state index contributed by atoms with van der Waals surface area (Å²) in [4.78, 5) is 22.8. The van der Waals surface area contributed by atoms with Gasteiger partial charge < -0.3 is 15.4 Å². The van der Waals surface area contributed by atoms with Crippen LogP contribution in [0.15, 0.2) is 24.3 Å². The van der Waals surface area contributed by atoms with Crippen LogP contribution in [-0.4, -0.2) is 32.1 Å². The minimum absolute atomic E-state index is 0.0243. The van der Waals surface area contributed by atoms with Crippen LogP contribution in [0.4, 0.5) is 0 Å². The Labute approximate surface area is 113 Å². The molecule has 0 spiro atoms. The van der Waals surface area contributed by atoms with Crippen molar-refractivity contribution in [1.29, 1.82) is 0 Å². The SMILES string of the molecule is CCNC(=O)CCNCc1ccccc1C(=O)OC. The minimum Gasteiger partial charge on any atom is -0.465 e. The molecule has 5 heteroatoms. The summed E-state index contributed by atoms with van der Waals surface area (Å²) in [7, 11) is 1.36. The number of benzene rings is 1. The highest BCUT2D eigenvalue weighted by atomic mass is 16.5. The Hall–Kier alpha value is -1.88. The topological polar surface area (TPSA) is 67.4 Å². The Kier molecular flexibility index (Phi) is 6.60. The van der Waals surface area contributed by atoms with Crippen LogP contribution in [0.3, 0.4) is 0 Å². The van der Waals surface area contributed by atoms with E-state index in [4.69, 9.17) is 4.74 Å². The molecule has 1 amide bonds. The Bertz CT molecular complexity index is 432. The second kappa shape index (κ2) is 8.26. The van der Waals surface area contributed by atoms with Crippen LogP contribution in [-0.2, 0) is 16.1 Å². The fraction of sp³-hybridized carbons (Fsp3) is 0.429. The molecule has 0 radical (unpaired) electrons. The van der Waals surface area contributed by atoms with E-state index in [1.54, 1.807) is 12.1 Å². The normalized spacial score (nSPS) is 10.0. The molecule has 0 aliphatic carbocycles. The summed E-state index contributed by atoms with van der Waals surface area (Å²) in [5.74, 6) is -0.322. The van der Waals surface area contributed by atoms with Gasteiger partial charge in [-0.1, -0.05) is 18.2 Å². The van der Waals surface area contributed by atoms with Crippen molar-refractivity contribution in [2.75, 3.05) is 20.2 Å². The molecule has 0 aliphatic rings. The smallest absolute Gasteiger partial charge is 0.338 e. The zero-order chi connectivity index (χ0) is 14.1. The van der Waals surface area contributed by atoms with Crippen molar-refractivity contribution in [3.8, 4) is 0 Å². The largest absolute Gasteiger partial charge is 0.465 e. The van der Waals surface area contributed by atoms with Gasteiger partial charge in [0.15, 0.2) is 0 Å². The van der Waals surface area contributed by atoms with E-state index in [0.717, 1.165) is 5.56 Å². The van der Waals surface area contributed by atoms with E-state index in [0.29, 0.717) is 31.6 Å². The third kappa shape index (κ3) is 5.09. The molecule has 19 heavy (non-hydrogen) atoms. The maximum absolute atomic E-state index is 11.5. The van der Waals surface area contributed by atoms with E-state index < -0.39 is 0 Å². The number of amides is 1. The van der Waals surface area contributed by atoms with Crippen LogP contribution >= 0.6 is 0 Å². The summed E-state index contributed by atoms with van der Waals surface area (Å²) in [6, 6.07) is 7.26. The number of hydrogen-bond acceptors (Lipinski definition) is 4. The van der Waals surface area contributed by atoms with Gasteiger partial charge >= 0.3 is 5.97 Å². The lowest BCUT2D eigenvalue weighted by atomic mass is 10.1. The molecule has 0 saturated heterocycles. The van der Waals surface area contributed by atoms with Gasteiger partial charge in [0.1, 0.15) is 0 Å². The quantitative estimate of drug-likeness (QED) is 0.571. The van der Waals surface area contributed by atoms with Gasteiger partial charge in [-0.2, -0.15) is 0 Å². The maximum Gasteiger partial charge on any atom is 0.338 e. The number of methoxy groups -OCH3 is 1. The highest BCUT2D eigenvalue weighted by Crippen LogP contribution is 2.09. The number of hydrogen-bond donors (Lipinski definition) is 2. The van der Waals surface area contributed by atoms with E-state index in [1.165, 1.54) is 7.11 Å². The average molecular weight is 264 g/mol. The first-order valence-corrected chi connectivity index (χ1v) is 6.32. The van der Waals surface area contributed by atoms with Crippen LogP contribution in [0.5, 0.6) is 0 Å². The number of ether oxygens (including phenoxy) is 1. The summed E-state index contributed by atoms with van der Waals surface area (Å²) in [5.41, 5.74) is 1.42. The number of esters is 1. The molecule has 2 N–H and O–H groups in total. The highest BCUT2D eigenvalue weighted by Gasteiger charge is 2.10. The minimum atomic E-state index is -0.346. The first-order chi connectivity index (χ1) is 9.19. The van der Waals surface area contributed by atoms with Gasteiger partial charge in [0.25, 0.3) is 0 Å². The number of carbonyl (C=O) groups excluding carboxylic acids is 2. The number of carbonyl (C=O) groups is 2. The van der Waals surface area contributed by atoms with E-state index in [9.17, 15) is 9.59 Å². The summed E-state index contributed by atoms with van der Waals surface area (Å²) >= 11 is 0. The molecule has 1 rings (SSSR count). The third-order valence-corrected chi connectivity index (χ3v) is 2.64. The molecule has 0 saturated carbocycles. The average Bonchev–Trinajstić information content (AvgIpc) is 2.43. The molecule has 0 atom stereocenters. The lowest BCUT2D eigenvalue weighted by Crippen LogP contribution is -2.27. The van der Waals surface area contributed by atoms with Gasteiger partial charge in [-0.25, -0.2) is 4.79 Å². The molecule has 0 fully saturated rings. The molecule has 0 aromatic heterocycles. The molecular formula is C14H20N2O3. The van der Waals surface area contributed by atoms with Crippen molar-refractivity contribution in [1.82, 2.24) is 10.6 Å². The maximum atomic E-state index is 11.5. The fourth-order valence-electron chi connectivity index (χ4n) is 1.69.